The van der Waals surface area contributed by atoms with Crippen LogP contribution in [0.5, 0.6) is 0 Å². The van der Waals surface area contributed by atoms with Gasteiger partial charge in [-0.15, -0.1) is 0 Å². The Hall–Kier alpha value is -1.32. The van der Waals surface area contributed by atoms with Crippen LogP contribution >= 0.6 is 0 Å². The Morgan fingerprint density at radius 1 is 1.73 bits per heavy atom. The average Bonchev–Trinajstić information content (AvgIpc) is 2.48. The maximum absolute atomic E-state index is 10.7. The SMILES string of the molecule is CC1(C)Cc2ncoc2C(CC(=O)O)C1. The highest BCUT2D eigenvalue weighted by atomic mass is 16.4. The highest BCUT2D eigenvalue weighted by Crippen LogP contribution is 2.42. The molecule has 2 rings (SSSR count). The lowest BCUT2D eigenvalue weighted by Gasteiger charge is -2.32. The van der Waals surface area contributed by atoms with E-state index in [4.69, 9.17) is 9.52 Å². The van der Waals surface area contributed by atoms with Gasteiger partial charge in [0.2, 0.25) is 0 Å². The third-order valence-electron chi connectivity index (χ3n) is 2.91. The molecule has 0 radical (unpaired) electrons. The highest BCUT2D eigenvalue weighted by molar-refractivity contribution is 5.68. The Bertz CT molecular complexity index is 381. The number of carbonyl (C=O) groups is 1. The van der Waals surface area contributed by atoms with Crippen LogP contribution < -0.4 is 0 Å². The van der Waals surface area contributed by atoms with E-state index in [9.17, 15) is 4.79 Å². The standard InChI is InChI=1S/C11H15NO3/c1-11(2)4-7(3-9(13)14)10-8(5-11)12-6-15-10/h6-7H,3-5H2,1-2H3,(H,13,14). The summed E-state index contributed by atoms with van der Waals surface area (Å²) in [5.41, 5.74) is 1.04. The Kier molecular flexibility index (Phi) is 2.29. The molecule has 4 nitrogen and oxygen atoms in total. The summed E-state index contributed by atoms with van der Waals surface area (Å²) in [5.74, 6) is -0.0273. The van der Waals surface area contributed by atoms with Crippen molar-refractivity contribution in [3.8, 4) is 0 Å². The number of hydrogen-bond donors (Lipinski definition) is 1. The van der Waals surface area contributed by atoms with E-state index in [0.29, 0.717) is 0 Å². The van der Waals surface area contributed by atoms with Gasteiger partial charge in [-0.3, -0.25) is 4.79 Å². The first-order chi connectivity index (χ1) is 6.98. The Morgan fingerprint density at radius 2 is 2.47 bits per heavy atom. The fourth-order valence-electron chi connectivity index (χ4n) is 2.40. The van der Waals surface area contributed by atoms with Crippen molar-refractivity contribution in [1.82, 2.24) is 4.98 Å². The van der Waals surface area contributed by atoms with Crippen LogP contribution in [0.3, 0.4) is 0 Å². The summed E-state index contributed by atoms with van der Waals surface area (Å²) in [5, 5.41) is 8.84. The van der Waals surface area contributed by atoms with Crippen molar-refractivity contribution < 1.29 is 14.3 Å². The Labute approximate surface area is 88.3 Å². The molecule has 1 aliphatic rings. The molecule has 0 saturated carbocycles. The van der Waals surface area contributed by atoms with Gasteiger partial charge >= 0.3 is 5.97 Å². The fourth-order valence-corrected chi connectivity index (χ4v) is 2.40. The van der Waals surface area contributed by atoms with Crippen LogP contribution in [0.4, 0.5) is 0 Å². The number of nitrogens with zero attached hydrogens (tertiary/aromatic N) is 1. The van der Waals surface area contributed by atoms with Crippen LogP contribution in [0.25, 0.3) is 0 Å². The molecular weight excluding hydrogens is 194 g/mol. The topological polar surface area (TPSA) is 63.3 Å². The molecule has 1 aliphatic carbocycles. The molecule has 0 saturated heterocycles. The van der Waals surface area contributed by atoms with Crippen molar-refractivity contribution in [3.05, 3.63) is 17.8 Å². The van der Waals surface area contributed by atoms with E-state index >= 15 is 0 Å². The second kappa shape index (κ2) is 3.36. The van der Waals surface area contributed by atoms with Crippen molar-refractivity contribution >= 4 is 5.97 Å². The maximum atomic E-state index is 10.7. The molecule has 1 atom stereocenters. The van der Waals surface area contributed by atoms with Crippen LogP contribution in [-0.2, 0) is 11.2 Å². The molecule has 1 aromatic heterocycles. The molecule has 0 aliphatic heterocycles. The number of aromatic nitrogens is 1. The summed E-state index contributed by atoms with van der Waals surface area (Å²) in [4.78, 5) is 14.9. The van der Waals surface area contributed by atoms with E-state index in [2.05, 4.69) is 18.8 Å². The summed E-state index contributed by atoms with van der Waals surface area (Å²) in [7, 11) is 0. The first-order valence-corrected chi connectivity index (χ1v) is 5.12. The van der Waals surface area contributed by atoms with E-state index < -0.39 is 5.97 Å². The first-order valence-electron chi connectivity index (χ1n) is 5.12. The molecule has 4 heteroatoms. The molecule has 82 valence electrons. The molecule has 0 aromatic carbocycles. The van der Waals surface area contributed by atoms with E-state index in [-0.39, 0.29) is 17.8 Å². The summed E-state index contributed by atoms with van der Waals surface area (Å²) in [6.07, 6.45) is 3.27. The van der Waals surface area contributed by atoms with Crippen molar-refractivity contribution in [2.45, 2.75) is 39.0 Å². The molecule has 0 amide bonds. The van der Waals surface area contributed by atoms with Crippen LogP contribution in [0, 0.1) is 5.41 Å². The van der Waals surface area contributed by atoms with Crippen LogP contribution in [-0.4, -0.2) is 16.1 Å². The lowest BCUT2D eigenvalue weighted by atomic mass is 9.72. The number of rotatable bonds is 2. The molecule has 1 aromatic rings. The second-order valence-corrected chi connectivity index (χ2v) is 5.00. The minimum absolute atomic E-state index is 0.0243. The van der Waals surface area contributed by atoms with Crippen molar-refractivity contribution in [2.75, 3.05) is 0 Å². The summed E-state index contributed by atoms with van der Waals surface area (Å²) >= 11 is 0. The number of carboxylic acids is 1. The predicted octanol–water partition coefficient (Wildman–Crippen LogP) is 2.21. The number of fused-ring (bicyclic) bond motifs is 1. The molecule has 0 spiro atoms. The zero-order valence-electron chi connectivity index (χ0n) is 8.99. The van der Waals surface area contributed by atoms with E-state index in [1.54, 1.807) is 0 Å². The average molecular weight is 209 g/mol. The predicted molar refractivity (Wildman–Crippen MR) is 53.6 cm³/mol. The molecule has 1 unspecified atom stereocenters. The lowest BCUT2D eigenvalue weighted by molar-refractivity contribution is -0.137. The molecule has 0 bridgehead atoms. The minimum atomic E-state index is -0.778. The summed E-state index contributed by atoms with van der Waals surface area (Å²) < 4.78 is 5.29. The van der Waals surface area contributed by atoms with Gasteiger partial charge in [0.05, 0.1) is 12.1 Å². The smallest absolute Gasteiger partial charge is 0.304 e. The van der Waals surface area contributed by atoms with Crippen LogP contribution in [0.2, 0.25) is 0 Å². The Balaban J connectivity index is 2.29. The third-order valence-corrected chi connectivity index (χ3v) is 2.91. The van der Waals surface area contributed by atoms with E-state index in [1.807, 2.05) is 0 Å². The zero-order valence-corrected chi connectivity index (χ0v) is 8.99. The number of aliphatic carboxylic acids is 1. The van der Waals surface area contributed by atoms with Gasteiger partial charge in [-0.1, -0.05) is 13.8 Å². The zero-order chi connectivity index (χ0) is 11.1. The lowest BCUT2D eigenvalue weighted by Crippen LogP contribution is -2.26. The van der Waals surface area contributed by atoms with Gasteiger partial charge < -0.3 is 9.52 Å². The van der Waals surface area contributed by atoms with Gasteiger partial charge in [-0.25, -0.2) is 4.98 Å². The molecule has 1 heterocycles. The second-order valence-electron chi connectivity index (χ2n) is 5.00. The normalized spacial score (nSPS) is 23.5. The van der Waals surface area contributed by atoms with Gasteiger partial charge in [0, 0.05) is 5.92 Å². The van der Waals surface area contributed by atoms with E-state index in [1.165, 1.54) is 6.39 Å². The van der Waals surface area contributed by atoms with Gasteiger partial charge in [0.1, 0.15) is 5.76 Å². The summed E-state index contributed by atoms with van der Waals surface area (Å²) in [6.45, 7) is 4.28. The molecule has 0 fully saturated rings. The molecule has 15 heavy (non-hydrogen) atoms. The third kappa shape index (κ3) is 2.03. The largest absolute Gasteiger partial charge is 0.481 e. The first kappa shape index (κ1) is 10.2. The van der Waals surface area contributed by atoms with Crippen molar-refractivity contribution in [1.29, 1.82) is 0 Å². The number of carboxylic acid groups (broad SMARTS) is 1. The van der Waals surface area contributed by atoms with Crippen molar-refractivity contribution in [2.24, 2.45) is 5.41 Å². The molecular formula is C11H15NO3. The highest BCUT2D eigenvalue weighted by Gasteiger charge is 2.36. The van der Waals surface area contributed by atoms with Gasteiger partial charge in [-0.2, -0.15) is 0 Å². The fraction of sp³-hybridized carbons (Fsp3) is 0.636. The van der Waals surface area contributed by atoms with E-state index in [0.717, 1.165) is 24.3 Å². The van der Waals surface area contributed by atoms with Gasteiger partial charge in [0.25, 0.3) is 0 Å². The molecule has 1 N–H and O–H groups in total. The number of hydrogen-bond acceptors (Lipinski definition) is 3. The maximum Gasteiger partial charge on any atom is 0.304 e. The van der Waals surface area contributed by atoms with Crippen LogP contribution in [0.1, 0.15) is 44.1 Å². The Morgan fingerprint density at radius 3 is 3.13 bits per heavy atom. The van der Waals surface area contributed by atoms with Gasteiger partial charge in [-0.05, 0) is 18.3 Å². The quantitative estimate of drug-likeness (QED) is 0.811. The van der Waals surface area contributed by atoms with Crippen molar-refractivity contribution in [3.63, 3.8) is 0 Å². The summed E-state index contributed by atoms with van der Waals surface area (Å²) in [6, 6.07) is 0. The monoisotopic (exact) mass is 209 g/mol. The van der Waals surface area contributed by atoms with Crippen LogP contribution in [0.15, 0.2) is 10.8 Å². The minimum Gasteiger partial charge on any atom is -0.481 e. The van der Waals surface area contributed by atoms with Gasteiger partial charge in [0.15, 0.2) is 6.39 Å². The number of oxazole rings is 1.